The van der Waals surface area contributed by atoms with E-state index in [0.717, 1.165) is 17.0 Å². The van der Waals surface area contributed by atoms with E-state index in [2.05, 4.69) is 44.4 Å². The van der Waals surface area contributed by atoms with E-state index >= 15 is 0 Å². The Labute approximate surface area is 161 Å². The molecule has 0 saturated heterocycles. The Morgan fingerprint density at radius 2 is 1.52 bits per heavy atom. The Bertz CT molecular complexity index is 1040. The summed E-state index contributed by atoms with van der Waals surface area (Å²) in [4.78, 5) is 4.56. The highest BCUT2D eigenvalue weighted by atomic mass is 32.2. The van der Waals surface area contributed by atoms with Gasteiger partial charge in [-0.2, -0.15) is 0 Å². The molecule has 4 aromatic rings. The number of hydrogen-bond donors (Lipinski definition) is 1. The van der Waals surface area contributed by atoms with Gasteiger partial charge in [-0.05, 0) is 32.9 Å². The van der Waals surface area contributed by atoms with Gasteiger partial charge in [0.25, 0.3) is 0 Å². The summed E-state index contributed by atoms with van der Waals surface area (Å²) in [7, 11) is 0. The van der Waals surface area contributed by atoms with E-state index in [1.165, 1.54) is 22.9 Å². The van der Waals surface area contributed by atoms with Crippen molar-refractivity contribution in [2.45, 2.75) is 31.2 Å². The predicted octanol–water partition coefficient (Wildman–Crippen LogP) is 4.99. The molecule has 0 saturated carbocycles. The second-order valence-corrected chi connectivity index (χ2v) is 7.71. The van der Waals surface area contributed by atoms with Crippen molar-refractivity contribution < 1.29 is 4.42 Å². The normalized spacial score (nSPS) is 12.3. The van der Waals surface area contributed by atoms with Crippen molar-refractivity contribution in [2.75, 3.05) is 0 Å². The summed E-state index contributed by atoms with van der Waals surface area (Å²) in [6.45, 7) is 6.10. The third-order valence-electron chi connectivity index (χ3n) is 4.16. The molecule has 0 unspecified atom stereocenters. The van der Waals surface area contributed by atoms with E-state index in [-0.39, 0.29) is 5.25 Å². The largest absolute Gasteiger partial charge is 0.419 e. The van der Waals surface area contributed by atoms with Crippen LogP contribution in [0.4, 0.5) is 0 Å². The van der Waals surface area contributed by atoms with Crippen LogP contribution in [0.5, 0.6) is 0 Å². The zero-order valence-electron chi connectivity index (χ0n) is 15.3. The number of thioether (sulfide) groups is 1. The number of H-pyrrole nitrogens is 1. The summed E-state index contributed by atoms with van der Waals surface area (Å²) in [6, 6.07) is 16.2. The van der Waals surface area contributed by atoms with E-state index in [4.69, 9.17) is 4.42 Å². The molecule has 2 aromatic heterocycles. The van der Waals surface area contributed by atoms with Crippen molar-refractivity contribution in [1.82, 2.24) is 25.4 Å². The SMILES string of the molecule is Cc1ccc(-c2nc(S[C@H](C)c3nnc(-c4ccc(C)cc4)o3)n[nH]2)cc1. The molecule has 2 aromatic carbocycles. The molecule has 0 fully saturated rings. The van der Waals surface area contributed by atoms with Crippen LogP contribution < -0.4 is 0 Å². The van der Waals surface area contributed by atoms with Crippen LogP contribution in [0.3, 0.4) is 0 Å². The fourth-order valence-electron chi connectivity index (χ4n) is 2.56. The third kappa shape index (κ3) is 3.93. The van der Waals surface area contributed by atoms with Gasteiger partial charge in [0, 0.05) is 11.1 Å². The fraction of sp³-hybridized carbons (Fsp3) is 0.200. The number of nitrogens with zero attached hydrogens (tertiary/aromatic N) is 4. The summed E-state index contributed by atoms with van der Waals surface area (Å²) in [5, 5.41) is 16.2. The monoisotopic (exact) mass is 377 g/mol. The van der Waals surface area contributed by atoms with E-state index < -0.39 is 0 Å². The van der Waals surface area contributed by atoms with Gasteiger partial charge in [0.15, 0.2) is 5.82 Å². The van der Waals surface area contributed by atoms with Gasteiger partial charge < -0.3 is 4.42 Å². The zero-order valence-corrected chi connectivity index (χ0v) is 16.1. The minimum absolute atomic E-state index is 0.0571. The molecule has 0 amide bonds. The number of nitrogens with one attached hydrogen (secondary N) is 1. The Kier molecular flexibility index (Phi) is 4.77. The molecule has 4 rings (SSSR count). The third-order valence-corrected chi connectivity index (χ3v) is 5.11. The van der Waals surface area contributed by atoms with E-state index in [1.807, 2.05) is 50.2 Å². The molecule has 0 bridgehead atoms. The number of aromatic amines is 1. The molecule has 136 valence electrons. The first-order valence-corrected chi connectivity index (χ1v) is 9.53. The molecule has 27 heavy (non-hydrogen) atoms. The van der Waals surface area contributed by atoms with Crippen molar-refractivity contribution in [2.24, 2.45) is 0 Å². The molecular formula is C20H19N5OS. The average molecular weight is 377 g/mol. The highest BCUT2D eigenvalue weighted by molar-refractivity contribution is 7.99. The van der Waals surface area contributed by atoms with Crippen LogP contribution in [0, 0.1) is 13.8 Å². The van der Waals surface area contributed by atoms with E-state index in [9.17, 15) is 0 Å². The van der Waals surface area contributed by atoms with Gasteiger partial charge in [-0.25, -0.2) is 4.98 Å². The quantitative estimate of drug-likeness (QED) is 0.493. The van der Waals surface area contributed by atoms with Crippen LogP contribution in [0.1, 0.15) is 29.2 Å². The minimum Gasteiger partial charge on any atom is -0.419 e. The van der Waals surface area contributed by atoms with Gasteiger partial charge in [0.1, 0.15) is 0 Å². The molecule has 7 heteroatoms. The molecule has 0 radical (unpaired) electrons. The van der Waals surface area contributed by atoms with Gasteiger partial charge in [-0.15, -0.1) is 15.3 Å². The molecule has 0 aliphatic heterocycles. The van der Waals surface area contributed by atoms with Crippen LogP contribution in [0.2, 0.25) is 0 Å². The van der Waals surface area contributed by atoms with Crippen LogP contribution in [-0.2, 0) is 0 Å². The van der Waals surface area contributed by atoms with Crippen molar-refractivity contribution in [3.05, 3.63) is 65.5 Å². The van der Waals surface area contributed by atoms with Crippen molar-refractivity contribution in [3.8, 4) is 22.8 Å². The van der Waals surface area contributed by atoms with Crippen molar-refractivity contribution in [3.63, 3.8) is 0 Å². The summed E-state index contributed by atoms with van der Waals surface area (Å²) in [5.41, 5.74) is 4.32. The Balaban J connectivity index is 1.47. The molecule has 1 atom stereocenters. The lowest BCUT2D eigenvalue weighted by molar-refractivity contribution is 0.509. The maximum atomic E-state index is 5.84. The lowest BCUT2D eigenvalue weighted by atomic mass is 10.1. The van der Waals surface area contributed by atoms with Gasteiger partial charge in [-0.1, -0.05) is 59.3 Å². The van der Waals surface area contributed by atoms with Gasteiger partial charge >= 0.3 is 0 Å². The zero-order chi connectivity index (χ0) is 18.8. The summed E-state index contributed by atoms with van der Waals surface area (Å²) in [6.07, 6.45) is 0. The minimum atomic E-state index is -0.0571. The lowest BCUT2D eigenvalue weighted by Crippen LogP contribution is -1.89. The summed E-state index contributed by atoms with van der Waals surface area (Å²) in [5.74, 6) is 1.82. The van der Waals surface area contributed by atoms with Crippen molar-refractivity contribution >= 4 is 11.8 Å². The second-order valence-electron chi connectivity index (χ2n) is 6.40. The van der Waals surface area contributed by atoms with Gasteiger partial charge in [-0.3, -0.25) is 5.10 Å². The molecule has 1 N–H and O–H groups in total. The maximum absolute atomic E-state index is 5.84. The molecule has 0 aliphatic carbocycles. The summed E-state index contributed by atoms with van der Waals surface area (Å²) < 4.78 is 5.84. The van der Waals surface area contributed by atoms with Gasteiger partial charge in [0.05, 0.1) is 5.25 Å². The van der Waals surface area contributed by atoms with E-state index in [1.54, 1.807) is 0 Å². The van der Waals surface area contributed by atoms with Crippen LogP contribution in [0.15, 0.2) is 58.1 Å². The first-order valence-electron chi connectivity index (χ1n) is 8.65. The number of rotatable bonds is 5. The summed E-state index contributed by atoms with van der Waals surface area (Å²) >= 11 is 1.48. The Hall–Kier alpha value is -2.93. The number of hydrogen-bond acceptors (Lipinski definition) is 6. The fourth-order valence-corrected chi connectivity index (χ4v) is 3.31. The predicted molar refractivity (Wildman–Crippen MR) is 105 cm³/mol. The number of aromatic nitrogens is 5. The van der Waals surface area contributed by atoms with Crippen molar-refractivity contribution in [1.29, 1.82) is 0 Å². The smallest absolute Gasteiger partial charge is 0.247 e. The average Bonchev–Trinajstić information content (AvgIpc) is 3.33. The molecule has 2 heterocycles. The standard InChI is InChI=1S/C20H19N5OS/c1-12-4-8-15(9-5-12)17-21-20(25-22-17)27-14(3)18-23-24-19(26-18)16-10-6-13(2)7-11-16/h4-11,14H,1-3H3,(H,21,22,25)/t14-/m1/s1. The van der Waals surface area contributed by atoms with Crippen LogP contribution in [0.25, 0.3) is 22.8 Å². The highest BCUT2D eigenvalue weighted by Gasteiger charge is 2.18. The van der Waals surface area contributed by atoms with E-state index in [0.29, 0.717) is 16.9 Å². The number of aryl methyl sites for hydroxylation is 2. The van der Waals surface area contributed by atoms with Crippen LogP contribution >= 0.6 is 11.8 Å². The van der Waals surface area contributed by atoms with Gasteiger partial charge in [0.2, 0.25) is 16.9 Å². The first-order chi connectivity index (χ1) is 13.1. The second kappa shape index (κ2) is 7.36. The molecule has 6 nitrogen and oxygen atoms in total. The maximum Gasteiger partial charge on any atom is 0.247 e. The first kappa shape index (κ1) is 17.5. The Morgan fingerprint density at radius 1 is 0.889 bits per heavy atom. The molecule has 0 aliphatic rings. The molecular weight excluding hydrogens is 358 g/mol. The molecule has 0 spiro atoms. The number of benzene rings is 2. The highest BCUT2D eigenvalue weighted by Crippen LogP contribution is 2.34. The topological polar surface area (TPSA) is 80.5 Å². The Morgan fingerprint density at radius 3 is 2.19 bits per heavy atom. The lowest BCUT2D eigenvalue weighted by Gasteiger charge is -2.02. The van der Waals surface area contributed by atoms with Crippen LogP contribution in [-0.4, -0.2) is 25.4 Å².